The molecule has 0 aliphatic rings. The topological polar surface area (TPSA) is 78.9 Å². The number of carbonyl (C=O) groups is 3. The van der Waals surface area contributed by atoms with Crippen molar-refractivity contribution in [1.29, 1.82) is 0 Å². The Morgan fingerprint density at radius 1 is 0.350 bits per heavy atom. The van der Waals surface area contributed by atoms with Crippen LogP contribution in [0.3, 0.4) is 0 Å². The fraction of sp³-hybridized carbons (Fsp3) is 0.796. The van der Waals surface area contributed by atoms with Gasteiger partial charge >= 0.3 is 17.9 Å². The van der Waals surface area contributed by atoms with Crippen molar-refractivity contribution in [1.82, 2.24) is 0 Å². The molecule has 6 nitrogen and oxygen atoms in total. The Labute approximate surface area is 371 Å². The van der Waals surface area contributed by atoms with E-state index < -0.39 is 6.10 Å². The molecule has 0 aromatic rings. The van der Waals surface area contributed by atoms with E-state index in [9.17, 15) is 14.4 Å². The monoisotopic (exact) mass is 841 g/mol. The first-order chi connectivity index (χ1) is 29.5. The summed E-state index contributed by atoms with van der Waals surface area (Å²) in [4.78, 5) is 37.9. The molecule has 0 radical (unpaired) electrons. The maximum atomic E-state index is 12.8. The second kappa shape index (κ2) is 49.0. The summed E-state index contributed by atoms with van der Waals surface area (Å²) in [5.41, 5.74) is 0. The SMILES string of the molecule is CC/C=C/C=C/C=C/C=C/CCCCCC(=O)OC(COC(=O)CCCCCCCCCCCCCCC)COC(=O)CCCCCCCCCCCCCCCCCC. The van der Waals surface area contributed by atoms with E-state index in [-0.39, 0.29) is 37.5 Å². The number of esters is 3. The highest BCUT2D eigenvalue weighted by atomic mass is 16.6. The molecule has 0 amide bonds. The first-order valence-corrected chi connectivity index (χ1v) is 25.7. The third-order valence-corrected chi connectivity index (χ3v) is 11.2. The van der Waals surface area contributed by atoms with Crippen molar-refractivity contribution >= 4 is 17.9 Å². The Kier molecular flexibility index (Phi) is 46.9. The lowest BCUT2D eigenvalue weighted by atomic mass is 10.0. The van der Waals surface area contributed by atoms with Gasteiger partial charge in [-0.25, -0.2) is 0 Å². The average Bonchev–Trinajstić information content (AvgIpc) is 3.24. The number of ether oxygens (including phenoxy) is 3. The van der Waals surface area contributed by atoms with Gasteiger partial charge in [-0.15, -0.1) is 0 Å². The first-order valence-electron chi connectivity index (χ1n) is 25.7. The molecule has 0 aliphatic carbocycles. The van der Waals surface area contributed by atoms with E-state index in [2.05, 4.69) is 39.0 Å². The molecular weight excluding hydrogens is 745 g/mol. The molecule has 0 saturated heterocycles. The summed E-state index contributed by atoms with van der Waals surface area (Å²) >= 11 is 0. The first kappa shape index (κ1) is 57.4. The maximum Gasteiger partial charge on any atom is 0.306 e. The lowest BCUT2D eigenvalue weighted by Crippen LogP contribution is -2.30. The van der Waals surface area contributed by atoms with E-state index in [0.717, 1.165) is 70.6 Å². The molecule has 1 unspecified atom stereocenters. The van der Waals surface area contributed by atoms with Crippen molar-refractivity contribution in [2.75, 3.05) is 13.2 Å². The van der Waals surface area contributed by atoms with E-state index in [0.29, 0.717) is 12.8 Å². The molecule has 0 N–H and O–H groups in total. The lowest BCUT2D eigenvalue weighted by Gasteiger charge is -2.18. The second-order valence-electron chi connectivity index (χ2n) is 17.2. The summed E-state index contributed by atoms with van der Waals surface area (Å²) < 4.78 is 16.8. The zero-order valence-corrected chi connectivity index (χ0v) is 39.7. The minimum absolute atomic E-state index is 0.0855. The summed E-state index contributed by atoms with van der Waals surface area (Å²) in [5, 5.41) is 0. The highest BCUT2D eigenvalue weighted by Crippen LogP contribution is 2.16. The quantitative estimate of drug-likeness (QED) is 0.0263. The summed E-state index contributed by atoms with van der Waals surface area (Å²) in [7, 11) is 0. The number of rotatable bonds is 46. The fourth-order valence-corrected chi connectivity index (χ4v) is 7.34. The van der Waals surface area contributed by atoms with Crippen LogP contribution < -0.4 is 0 Å². The van der Waals surface area contributed by atoms with Crippen LogP contribution in [0.5, 0.6) is 0 Å². The van der Waals surface area contributed by atoms with Crippen molar-refractivity contribution < 1.29 is 28.6 Å². The number of hydrogen-bond acceptors (Lipinski definition) is 6. The van der Waals surface area contributed by atoms with Crippen LogP contribution in [-0.4, -0.2) is 37.2 Å². The molecule has 0 aromatic carbocycles. The van der Waals surface area contributed by atoms with E-state index in [4.69, 9.17) is 14.2 Å². The summed E-state index contributed by atoms with van der Waals surface area (Å²) in [6.07, 6.45) is 58.1. The van der Waals surface area contributed by atoms with Gasteiger partial charge in [-0.3, -0.25) is 14.4 Å². The van der Waals surface area contributed by atoms with Gasteiger partial charge < -0.3 is 14.2 Å². The molecule has 1 atom stereocenters. The van der Waals surface area contributed by atoms with Gasteiger partial charge in [0.15, 0.2) is 6.10 Å². The van der Waals surface area contributed by atoms with Gasteiger partial charge in [-0.1, -0.05) is 249 Å². The van der Waals surface area contributed by atoms with E-state index in [1.165, 1.54) is 148 Å². The van der Waals surface area contributed by atoms with Crippen LogP contribution in [0.4, 0.5) is 0 Å². The molecule has 0 fully saturated rings. The Hall–Kier alpha value is -2.63. The Morgan fingerprint density at radius 3 is 1.02 bits per heavy atom. The van der Waals surface area contributed by atoms with E-state index >= 15 is 0 Å². The molecule has 6 heteroatoms. The molecule has 0 aromatic heterocycles. The molecule has 0 saturated carbocycles. The highest BCUT2D eigenvalue weighted by molar-refractivity contribution is 5.71. The number of hydrogen-bond donors (Lipinski definition) is 0. The summed E-state index contributed by atoms with van der Waals surface area (Å²) in [5.74, 6) is -0.915. The van der Waals surface area contributed by atoms with Gasteiger partial charge in [0.2, 0.25) is 0 Å². The Bertz CT molecular complexity index is 1060. The van der Waals surface area contributed by atoms with Gasteiger partial charge in [0.25, 0.3) is 0 Å². The Balaban J connectivity index is 4.38. The normalized spacial score (nSPS) is 12.4. The van der Waals surface area contributed by atoms with Gasteiger partial charge in [0, 0.05) is 19.3 Å². The molecular formula is C54H96O6. The van der Waals surface area contributed by atoms with E-state index in [1.807, 2.05) is 30.4 Å². The third kappa shape index (κ3) is 46.4. The maximum absolute atomic E-state index is 12.8. The van der Waals surface area contributed by atoms with Crippen molar-refractivity contribution in [3.63, 3.8) is 0 Å². The number of carbonyl (C=O) groups excluding carboxylic acids is 3. The van der Waals surface area contributed by atoms with Crippen LogP contribution >= 0.6 is 0 Å². The van der Waals surface area contributed by atoms with Crippen LogP contribution in [0, 0.1) is 0 Å². The predicted molar refractivity (Wildman–Crippen MR) is 256 cm³/mol. The molecule has 0 rings (SSSR count). The summed E-state index contributed by atoms with van der Waals surface area (Å²) in [6, 6.07) is 0. The lowest BCUT2D eigenvalue weighted by molar-refractivity contribution is -0.167. The molecule has 0 spiro atoms. The van der Waals surface area contributed by atoms with Gasteiger partial charge in [-0.2, -0.15) is 0 Å². The fourth-order valence-electron chi connectivity index (χ4n) is 7.34. The highest BCUT2D eigenvalue weighted by Gasteiger charge is 2.19. The standard InChI is InChI=1S/C54H96O6/c1-4-7-10-13-16-19-22-25-26-27-30-32-35-38-41-44-47-53(56)59-50-51(60-54(57)48-45-42-39-36-33-29-24-21-18-15-12-9-6-3)49-58-52(55)46-43-40-37-34-31-28-23-20-17-14-11-8-5-2/h9,12,15,18,21,24,29,33,51H,4-8,10-11,13-14,16-17,19-20,22-23,25-28,30-32,34-50H2,1-3H3/b12-9+,18-15+,24-21+,33-29+. The van der Waals surface area contributed by atoms with Crippen LogP contribution in [-0.2, 0) is 28.6 Å². The molecule has 0 heterocycles. The third-order valence-electron chi connectivity index (χ3n) is 11.2. The van der Waals surface area contributed by atoms with Crippen LogP contribution in [0.25, 0.3) is 0 Å². The largest absolute Gasteiger partial charge is 0.462 e. The van der Waals surface area contributed by atoms with Crippen LogP contribution in [0.1, 0.15) is 258 Å². The van der Waals surface area contributed by atoms with E-state index in [1.54, 1.807) is 0 Å². The van der Waals surface area contributed by atoms with Crippen molar-refractivity contribution in [2.24, 2.45) is 0 Å². The van der Waals surface area contributed by atoms with Gasteiger partial charge in [0.05, 0.1) is 0 Å². The van der Waals surface area contributed by atoms with Gasteiger partial charge in [0.1, 0.15) is 13.2 Å². The van der Waals surface area contributed by atoms with Crippen LogP contribution in [0.15, 0.2) is 48.6 Å². The predicted octanol–water partition coefficient (Wildman–Crippen LogP) is 16.7. The Morgan fingerprint density at radius 2 is 0.650 bits per heavy atom. The minimum atomic E-state index is -0.788. The molecule has 0 aliphatic heterocycles. The van der Waals surface area contributed by atoms with Crippen LogP contribution in [0.2, 0.25) is 0 Å². The molecule has 0 bridgehead atoms. The number of unbranched alkanes of at least 4 members (excludes halogenated alkanes) is 30. The number of allylic oxidation sites excluding steroid dienone is 8. The van der Waals surface area contributed by atoms with Crippen molar-refractivity contribution in [2.45, 2.75) is 264 Å². The smallest absolute Gasteiger partial charge is 0.306 e. The van der Waals surface area contributed by atoms with Crippen molar-refractivity contribution in [3.8, 4) is 0 Å². The van der Waals surface area contributed by atoms with Gasteiger partial charge in [-0.05, 0) is 38.5 Å². The minimum Gasteiger partial charge on any atom is -0.462 e. The zero-order valence-electron chi connectivity index (χ0n) is 39.7. The molecule has 348 valence electrons. The summed E-state index contributed by atoms with van der Waals surface area (Å²) in [6.45, 7) is 6.48. The van der Waals surface area contributed by atoms with Crippen molar-refractivity contribution in [3.05, 3.63) is 48.6 Å². The zero-order chi connectivity index (χ0) is 43.7. The average molecular weight is 841 g/mol. The molecule has 60 heavy (non-hydrogen) atoms. The second-order valence-corrected chi connectivity index (χ2v) is 17.2.